The molecule has 0 atom stereocenters. The number of sulfone groups is 1. The third kappa shape index (κ3) is 4.96. The standard InChI is InChI=1S/C16H19Cl2N3O3S/c1-3-25(23,24)9-8-19-16(22)14-11(2)20-21(15(14)18)10-12-6-4-5-7-13(12)17/h4-7H,3,8-10H2,1-2H3,(H,19,22). The van der Waals surface area contributed by atoms with Gasteiger partial charge in [0.05, 0.1) is 23.6 Å². The Hall–Kier alpha value is -1.57. The summed E-state index contributed by atoms with van der Waals surface area (Å²) in [6.07, 6.45) is 0. The van der Waals surface area contributed by atoms with E-state index < -0.39 is 15.7 Å². The Morgan fingerprint density at radius 3 is 2.60 bits per heavy atom. The zero-order chi connectivity index (χ0) is 18.6. The van der Waals surface area contributed by atoms with Crippen LogP contribution >= 0.6 is 23.2 Å². The Bertz CT molecular complexity index is 879. The van der Waals surface area contributed by atoms with E-state index in [0.717, 1.165) is 5.56 Å². The predicted octanol–water partition coefficient (Wildman–Crippen LogP) is 2.71. The topological polar surface area (TPSA) is 81.1 Å². The number of amides is 1. The van der Waals surface area contributed by atoms with Crippen LogP contribution in [-0.4, -0.2) is 42.2 Å². The van der Waals surface area contributed by atoms with Gasteiger partial charge in [0.1, 0.15) is 5.15 Å². The van der Waals surface area contributed by atoms with Gasteiger partial charge in [-0.05, 0) is 18.6 Å². The molecule has 25 heavy (non-hydrogen) atoms. The Morgan fingerprint density at radius 1 is 1.28 bits per heavy atom. The van der Waals surface area contributed by atoms with Gasteiger partial charge in [0.15, 0.2) is 9.84 Å². The lowest BCUT2D eigenvalue weighted by atomic mass is 10.2. The van der Waals surface area contributed by atoms with Crippen molar-refractivity contribution in [3.8, 4) is 0 Å². The molecule has 136 valence electrons. The molecule has 0 bridgehead atoms. The summed E-state index contributed by atoms with van der Waals surface area (Å²) in [5.41, 5.74) is 1.53. The van der Waals surface area contributed by atoms with Gasteiger partial charge in [-0.1, -0.05) is 48.3 Å². The van der Waals surface area contributed by atoms with Crippen molar-refractivity contribution in [1.82, 2.24) is 15.1 Å². The first kappa shape index (κ1) is 19.8. The van der Waals surface area contributed by atoms with Crippen LogP contribution in [0.15, 0.2) is 24.3 Å². The number of nitrogens with zero attached hydrogens (tertiary/aromatic N) is 2. The van der Waals surface area contributed by atoms with Crippen molar-refractivity contribution >= 4 is 38.9 Å². The van der Waals surface area contributed by atoms with E-state index in [-0.39, 0.29) is 28.8 Å². The first-order valence-electron chi connectivity index (χ1n) is 7.70. The smallest absolute Gasteiger partial charge is 0.256 e. The lowest BCUT2D eigenvalue weighted by molar-refractivity contribution is 0.0955. The highest BCUT2D eigenvalue weighted by Gasteiger charge is 2.21. The van der Waals surface area contributed by atoms with Gasteiger partial charge < -0.3 is 5.32 Å². The van der Waals surface area contributed by atoms with Gasteiger partial charge in [-0.15, -0.1) is 0 Å². The molecule has 0 unspecified atom stereocenters. The highest BCUT2D eigenvalue weighted by atomic mass is 35.5. The van der Waals surface area contributed by atoms with Gasteiger partial charge in [0.25, 0.3) is 5.91 Å². The van der Waals surface area contributed by atoms with Crippen LogP contribution in [0.25, 0.3) is 0 Å². The maximum Gasteiger partial charge on any atom is 0.256 e. The lowest BCUT2D eigenvalue weighted by Crippen LogP contribution is -2.30. The molecule has 0 aliphatic rings. The van der Waals surface area contributed by atoms with Crippen molar-refractivity contribution in [2.24, 2.45) is 0 Å². The normalized spacial score (nSPS) is 11.5. The fourth-order valence-electron chi connectivity index (χ4n) is 2.26. The van der Waals surface area contributed by atoms with Gasteiger partial charge in [0, 0.05) is 17.3 Å². The van der Waals surface area contributed by atoms with E-state index in [4.69, 9.17) is 23.2 Å². The number of nitrogens with one attached hydrogen (secondary N) is 1. The molecule has 9 heteroatoms. The molecule has 1 amide bonds. The van der Waals surface area contributed by atoms with Gasteiger partial charge in [-0.25, -0.2) is 13.1 Å². The summed E-state index contributed by atoms with van der Waals surface area (Å²) in [7, 11) is -3.14. The van der Waals surface area contributed by atoms with Crippen LogP contribution in [0.1, 0.15) is 28.5 Å². The quantitative estimate of drug-likeness (QED) is 0.770. The fraction of sp³-hybridized carbons (Fsp3) is 0.375. The summed E-state index contributed by atoms with van der Waals surface area (Å²) < 4.78 is 24.5. The molecule has 1 N–H and O–H groups in total. The number of hydrogen-bond acceptors (Lipinski definition) is 4. The SMILES string of the molecule is CCS(=O)(=O)CCNC(=O)c1c(C)nn(Cc2ccccc2Cl)c1Cl. The minimum absolute atomic E-state index is 0.0282. The molecule has 1 heterocycles. The number of rotatable bonds is 7. The molecule has 1 aromatic heterocycles. The van der Waals surface area contributed by atoms with Gasteiger partial charge in [-0.3, -0.25) is 4.79 Å². The van der Waals surface area contributed by atoms with E-state index in [1.54, 1.807) is 19.9 Å². The second-order valence-corrected chi connectivity index (χ2v) is 8.73. The van der Waals surface area contributed by atoms with Gasteiger partial charge >= 0.3 is 0 Å². The Morgan fingerprint density at radius 2 is 1.96 bits per heavy atom. The van der Waals surface area contributed by atoms with Crippen molar-refractivity contribution in [1.29, 1.82) is 0 Å². The van der Waals surface area contributed by atoms with Gasteiger partial charge in [-0.2, -0.15) is 5.10 Å². The Balaban J connectivity index is 2.13. The molecule has 0 saturated heterocycles. The number of halogens is 2. The maximum absolute atomic E-state index is 12.3. The van der Waals surface area contributed by atoms with Crippen LogP contribution in [0.4, 0.5) is 0 Å². The van der Waals surface area contributed by atoms with E-state index >= 15 is 0 Å². The monoisotopic (exact) mass is 403 g/mol. The number of benzene rings is 1. The summed E-state index contributed by atoms with van der Waals surface area (Å²) in [4.78, 5) is 12.3. The number of carbonyl (C=O) groups is 1. The zero-order valence-corrected chi connectivity index (χ0v) is 16.2. The molecule has 0 fully saturated rings. The van der Waals surface area contributed by atoms with Crippen molar-refractivity contribution in [2.45, 2.75) is 20.4 Å². The van der Waals surface area contributed by atoms with Crippen molar-refractivity contribution in [3.63, 3.8) is 0 Å². The largest absolute Gasteiger partial charge is 0.351 e. The van der Waals surface area contributed by atoms with Gasteiger partial charge in [0.2, 0.25) is 0 Å². The number of hydrogen-bond donors (Lipinski definition) is 1. The summed E-state index contributed by atoms with van der Waals surface area (Å²) in [5, 5.41) is 7.64. The van der Waals surface area contributed by atoms with Crippen molar-refractivity contribution < 1.29 is 13.2 Å². The first-order chi connectivity index (χ1) is 11.7. The number of carbonyl (C=O) groups excluding carboxylic acids is 1. The zero-order valence-electron chi connectivity index (χ0n) is 13.9. The molecular formula is C16H19Cl2N3O3S. The molecule has 2 aromatic rings. The Kier molecular flexibility index (Phi) is 6.48. The third-order valence-corrected chi connectivity index (χ3v) is 6.17. The average Bonchev–Trinajstić information content (AvgIpc) is 2.83. The predicted molar refractivity (Wildman–Crippen MR) is 99.2 cm³/mol. The first-order valence-corrected chi connectivity index (χ1v) is 10.3. The number of aryl methyl sites for hydroxylation is 1. The minimum atomic E-state index is -3.14. The van der Waals surface area contributed by atoms with Crippen LogP contribution in [0.2, 0.25) is 10.2 Å². The van der Waals surface area contributed by atoms with Crippen LogP contribution in [0.3, 0.4) is 0 Å². The summed E-state index contributed by atoms with van der Waals surface area (Å²) in [6, 6.07) is 7.30. The van der Waals surface area contributed by atoms with Crippen LogP contribution in [-0.2, 0) is 16.4 Å². The van der Waals surface area contributed by atoms with Crippen molar-refractivity contribution in [2.75, 3.05) is 18.1 Å². The Labute approximate surface area is 157 Å². The molecule has 0 aliphatic carbocycles. The molecule has 0 saturated carbocycles. The van der Waals surface area contributed by atoms with E-state index in [9.17, 15) is 13.2 Å². The highest BCUT2D eigenvalue weighted by Crippen LogP contribution is 2.23. The molecule has 0 aliphatic heterocycles. The lowest BCUT2D eigenvalue weighted by Gasteiger charge is -2.07. The summed E-state index contributed by atoms with van der Waals surface area (Å²) >= 11 is 12.4. The molecule has 6 nitrogen and oxygen atoms in total. The summed E-state index contributed by atoms with van der Waals surface area (Å²) in [5.74, 6) is -0.517. The second-order valence-electron chi connectivity index (χ2n) is 5.49. The minimum Gasteiger partial charge on any atom is -0.351 e. The van der Waals surface area contributed by atoms with E-state index in [1.807, 2.05) is 18.2 Å². The fourth-order valence-corrected chi connectivity index (χ4v) is 3.47. The van der Waals surface area contributed by atoms with E-state index in [1.165, 1.54) is 4.68 Å². The maximum atomic E-state index is 12.3. The average molecular weight is 404 g/mol. The molecule has 2 rings (SSSR count). The molecule has 0 spiro atoms. The third-order valence-electron chi connectivity index (χ3n) is 3.71. The molecule has 0 radical (unpaired) electrons. The van der Waals surface area contributed by atoms with E-state index in [0.29, 0.717) is 17.3 Å². The van der Waals surface area contributed by atoms with Crippen LogP contribution < -0.4 is 5.32 Å². The second kappa shape index (κ2) is 8.21. The molecular weight excluding hydrogens is 385 g/mol. The van der Waals surface area contributed by atoms with E-state index in [2.05, 4.69) is 10.4 Å². The number of aromatic nitrogens is 2. The summed E-state index contributed by atoms with van der Waals surface area (Å²) in [6.45, 7) is 3.60. The van der Waals surface area contributed by atoms with Crippen LogP contribution in [0, 0.1) is 6.92 Å². The highest BCUT2D eigenvalue weighted by molar-refractivity contribution is 7.91. The molecule has 1 aromatic carbocycles. The van der Waals surface area contributed by atoms with Crippen LogP contribution in [0.5, 0.6) is 0 Å². The van der Waals surface area contributed by atoms with Crippen molar-refractivity contribution in [3.05, 3.63) is 51.3 Å².